The maximum absolute atomic E-state index is 14.4. The third kappa shape index (κ3) is 8.86. The van der Waals surface area contributed by atoms with Crippen molar-refractivity contribution < 1.29 is 32.5 Å². The van der Waals surface area contributed by atoms with Crippen molar-refractivity contribution in [3.05, 3.63) is 87.6 Å². The van der Waals surface area contributed by atoms with Crippen LogP contribution < -0.4 is 30.7 Å². The van der Waals surface area contributed by atoms with E-state index in [-0.39, 0.29) is 42.3 Å². The van der Waals surface area contributed by atoms with Crippen molar-refractivity contribution >= 4 is 23.3 Å². The second-order valence-corrected chi connectivity index (χ2v) is 13.9. The molecular weight excluding hydrogens is 709 g/mol. The number of halogens is 4. The number of hydrogen-bond donors (Lipinski definition) is 5. The molecule has 1 saturated heterocycles. The predicted molar refractivity (Wildman–Crippen MR) is 198 cm³/mol. The van der Waals surface area contributed by atoms with Gasteiger partial charge in [0.25, 0.3) is 0 Å². The molecule has 0 radical (unpaired) electrons. The van der Waals surface area contributed by atoms with Crippen LogP contribution in [0.25, 0.3) is 22.4 Å². The summed E-state index contributed by atoms with van der Waals surface area (Å²) in [4.78, 5) is 20.5. The summed E-state index contributed by atoms with van der Waals surface area (Å²) in [6, 6.07) is 14.2. The number of nitrogens with zero attached hydrogens (tertiary/aromatic N) is 2. The highest BCUT2D eigenvalue weighted by Crippen LogP contribution is 2.44. The van der Waals surface area contributed by atoms with Gasteiger partial charge in [-0.2, -0.15) is 18.2 Å². The van der Waals surface area contributed by atoms with Crippen molar-refractivity contribution in [3.63, 3.8) is 0 Å². The molecule has 2 aromatic heterocycles. The third-order valence-corrected chi connectivity index (χ3v) is 10.0. The molecule has 1 aliphatic heterocycles. The number of carbonyl (C=O) groups excluding carboxylic acids is 1. The molecule has 1 amide bonds. The number of carbonyl (C=O) groups is 1. The molecule has 2 aromatic carbocycles. The second-order valence-electron chi connectivity index (χ2n) is 13.5. The van der Waals surface area contributed by atoms with E-state index in [0.717, 1.165) is 52.3 Å². The summed E-state index contributed by atoms with van der Waals surface area (Å²) in [5.41, 5.74) is 5.16. The van der Waals surface area contributed by atoms with Crippen LogP contribution in [0.5, 0.6) is 11.6 Å². The molecule has 14 heteroatoms. The number of benzene rings is 2. The Balaban J connectivity index is 1.27. The van der Waals surface area contributed by atoms with Crippen LogP contribution in [0.15, 0.2) is 54.7 Å². The summed E-state index contributed by atoms with van der Waals surface area (Å²) in [7, 11) is 2.98. The number of rotatable bonds is 14. The van der Waals surface area contributed by atoms with E-state index < -0.39 is 23.9 Å². The minimum atomic E-state index is -4.67. The number of aromatic nitrogens is 2. The first-order chi connectivity index (χ1) is 25.5. The smallest absolute Gasteiger partial charge is 0.419 e. The zero-order chi connectivity index (χ0) is 37.7. The number of fused-ring (bicyclic) bond motifs is 1. The fraction of sp³-hybridized carbons (Fsp3) is 0.410. The predicted octanol–water partition coefficient (Wildman–Crippen LogP) is 6.83. The average molecular weight is 753 g/mol. The van der Waals surface area contributed by atoms with Gasteiger partial charge in [-0.3, -0.25) is 9.78 Å². The van der Waals surface area contributed by atoms with E-state index in [9.17, 15) is 23.1 Å². The van der Waals surface area contributed by atoms with Crippen LogP contribution in [0.2, 0.25) is 5.02 Å². The molecule has 0 unspecified atom stereocenters. The summed E-state index contributed by atoms with van der Waals surface area (Å²) < 4.78 is 54.5. The van der Waals surface area contributed by atoms with E-state index in [1.165, 1.54) is 7.11 Å². The van der Waals surface area contributed by atoms with Crippen LogP contribution in [0.4, 0.5) is 19.0 Å². The maximum atomic E-state index is 14.4. The Kier molecular flexibility index (Phi) is 12.1. The SMILES string of the molecule is COc1cc(-c2nccc(-c3cccc4c3CCC[C@@H]4Nc3nc(OC)c(CNC[C@H](C)O)cc3C(F)(F)F)c2Cl)ccc1CNC[C@@H]1CCC(=O)N1. The molecule has 3 heterocycles. The summed E-state index contributed by atoms with van der Waals surface area (Å²) in [5.74, 6) is 0.516. The van der Waals surface area contributed by atoms with Gasteiger partial charge in [0.2, 0.25) is 11.8 Å². The fourth-order valence-corrected chi connectivity index (χ4v) is 7.42. The molecule has 53 heavy (non-hydrogen) atoms. The van der Waals surface area contributed by atoms with Crippen LogP contribution in [0.1, 0.15) is 66.5 Å². The summed E-state index contributed by atoms with van der Waals surface area (Å²) in [6.45, 7) is 3.06. The summed E-state index contributed by atoms with van der Waals surface area (Å²) in [5, 5.41) is 22.4. The van der Waals surface area contributed by atoms with E-state index in [2.05, 4.69) is 31.2 Å². The molecule has 2 aliphatic rings. The molecule has 0 spiro atoms. The lowest BCUT2D eigenvalue weighted by atomic mass is 9.83. The molecule has 6 rings (SSSR count). The highest BCUT2D eigenvalue weighted by molar-refractivity contribution is 6.35. The standard InChI is InChI=1S/C39H44ClF3N6O4/c1-22(50)18-44-20-25-16-31(39(41,42)43)37(49-38(25)53-3)48-32-9-5-7-27-28(6-4-8-29(27)32)30-14-15-46-36(35(30)40)23-10-11-24(33(17-23)52-2)19-45-21-26-12-13-34(51)47-26/h4,6,8,10-11,14-17,22,26,32,44-45,50H,5,7,9,12-13,18-21H2,1-3H3,(H,47,51)(H,48,49)/t22-,26-,32-/m0/s1. The Hall–Kier alpha value is -4.43. The van der Waals surface area contributed by atoms with Gasteiger partial charge in [0.1, 0.15) is 11.6 Å². The molecule has 282 valence electrons. The quantitative estimate of drug-likeness (QED) is 0.0942. The van der Waals surface area contributed by atoms with E-state index >= 15 is 0 Å². The van der Waals surface area contributed by atoms with Gasteiger partial charge in [0, 0.05) is 67.1 Å². The number of ether oxygens (including phenoxy) is 2. The first kappa shape index (κ1) is 38.3. The Morgan fingerprint density at radius 1 is 1.02 bits per heavy atom. The fourth-order valence-electron chi connectivity index (χ4n) is 7.10. The van der Waals surface area contributed by atoms with E-state index in [4.69, 9.17) is 21.1 Å². The number of methoxy groups -OCH3 is 2. The van der Waals surface area contributed by atoms with Crippen LogP contribution in [-0.2, 0) is 30.5 Å². The van der Waals surface area contributed by atoms with Crippen LogP contribution in [0.3, 0.4) is 0 Å². The average Bonchev–Trinajstić information content (AvgIpc) is 3.56. The number of amides is 1. The van der Waals surface area contributed by atoms with Gasteiger partial charge in [-0.1, -0.05) is 41.9 Å². The monoisotopic (exact) mass is 752 g/mol. The first-order valence-electron chi connectivity index (χ1n) is 17.7. The number of hydrogen-bond acceptors (Lipinski definition) is 9. The number of aliphatic hydroxyl groups excluding tert-OH is 1. The molecule has 1 fully saturated rings. The number of anilines is 1. The van der Waals surface area contributed by atoms with Crippen molar-refractivity contribution in [3.8, 4) is 34.0 Å². The first-order valence-corrected chi connectivity index (χ1v) is 18.1. The van der Waals surface area contributed by atoms with Gasteiger partial charge >= 0.3 is 6.18 Å². The van der Waals surface area contributed by atoms with E-state index in [1.807, 2.05) is 42.5 Å². The van der Waals surface area contributed by atoms with Crippen molar-refractivity contribution in [2.24, 2.45) is 0 Å². The minimum absolute atomic E-state index is 0.0468. The largest absolute Gasteiger partial charge is 0.496 e. The molecule has 4 aromatic rings. The Bertz CT molecular complexity index is 1940. The topological polar surface area (TPSA) is 130 Å². The van der Waals surface area contributed by atoms with Crippen LogP contribution >= 0.6 is 11.6 Å². The van der Waals surface area contributed by atoms with Gasteiger partial charge in [-0.25, -0.2) is 0 Å². The van der Waals surface area contributed by atoms with E-state index in [0.29, 0.717) is 48.8 Å². The summed E-state index contributed by atoms with van der Waals surface area (Å²) in [6.07, 6.45) is -0.218. The van der Waals surface area contributed by atoms with Gasteiger partial charge in [-0.05, 0) is 67.5 Å². The van der Waals surface area contributed by atoms with Crippen molar-refractivity contribution in [1.29, 1.82) is 0 Å². The minimum Gasteiger partial charge on any atom is -0.496 e. The summed E-state index contributed by atoms with van der Waals surface area (Å²) >= 11 is 7.13. The highest BCUT2D eigenvalue weighted by Gasteiger charge is 2.37. The van der Waals surface area contributed by atoms with Crippen LogP contribution in [-0.4, -0.2) is 60.4 Å². The molecule has 0 bridgehead atoms. The third-order valence-electron chi connectivity index (χ3n) is 9.66. The maximum Gasteiger partial charge on any atom is 0.419 e. The molecule has 3 atom stereocenters. The van der Waals surface area contributed by atoms with Gasteiger partial charge < -0.3 is 35.8 Å². The van der Waals surface area contributed by atoms with Crippen molar-refractivity contribution in [2.45, 2.75) is 76.5 Å². The molecular formula is C39H44ClF3N6O4. The lowest BCUT2D eigenvalue weighted by Gasteiger charge is -2.30. The van der Waals surface area contributed by atoms with Crippen molar-refractivity contribution in [1.82, 2.24) is 25.9 Å². The lowest BCUT2D eigenvalue weighted by Crippen LogP contribution is -2.35. The zero-order valence-electron chi connectivity index (χ0n) is 29.9. The molecule has 0 saturated carbocycles. The second kappa shape index (κ2) is 16.7. The normalized spacial score (nSPS) is 17.6. The van der Waals surface area contributed by atoms with Gasteiger partial charge in [0.15, 0.2) is 0 Å². The highest BCUT2D eigenvalue weighted by atomic mass is 35.5. The van der Waals surface area contributed by atoms with E-state index in [1.54, 1.807) is 20.2 Å². The number of nitrogens with one attached hydrogen (secondary N) is 4. The Labute approximate surface area is 311 Å². The molecule has 1 aliphatic carbocycles. The van der Waals surface area contributed by atoms with Crippen LogP contribution in [0, 0.1) is 0 Å². The molecule has 10 nitrogen and oxygen atoms in total. The molecule has 5 N–H and O–H groups in total. The Morgan fingerprint density at radius 3 is 2.55 bits per heavy atom. The van der Waals surface area contributed by atoms with Crippen molar-refractivity contribution in [2.75, 3.05) is 32.6 Å². The zero-order valence-corrected chi connectivity index (χ0v) is 30.6. The van der Waals surface area contributed by atoms with Gasteiger partial charge in [-0.15, -0.1) is 0 Å². The number of aliphatic hydroxyl groups is 1. The number of alkyl halides is 3. The number of pyridine rings is 2. The Morgan fingerprint density at radius 2 is 1.83 bits per heavy atom. The lowest BCUT2D eigenvalue weighted by molar-refractivity contribution is -0.137. The van der Waals surface area contributed by atoms with Gasteiger partial charge in [0.05, 0.1) is 42.6 Å².